The highest BCUT2D eigenvalue weighted by Gasteiger charge is 2.32. The first-order valence-electron chi connectivity index (χ1n) is 16.5. The Bertz CT molecular complexity index is 1630. The van der Waals surface area contributed by atoms with E-state index in [2.05, 4.69) is 23.7 Å². The number of aliphatic hydroxyl groups is 1. The van der Waals surface area contributed by atoms with Crippen LogP contribution in [0.5, 0.6) is 11.5 Å². The van der Waals surface area contributed by atoms with Crippen LogP contribution in [0.2, 0.25) is 5.02 Å². The average Bonchev–Trinajstić information content (AvgIpc) is 3.06. The molecule has 2 aromatic rings. The predicted octanol–water partition coefficient (Wildman–Crippen LogP) is 9.28. The number of oxime groups is 1. The number of carbonyl (C=O) groups excluding carboxylic acids is 3. The van der Waals surface area contributed by atoms with Gasteiger partial charge < -0.3 is 24.2 Å². The fraction of sp³-hybridized carbons (Fsp3) is 0.486. The maximum absolute atomic E-state index is 12.7. The summed E-state index contributed by atoms with van der Waals surface area (Å²) in [6.07, 6.45) is -1.05. The molecule has 0 radical (unpaired) electrons. The van der Waals surface area contributed by atoms with Crippen molar-refractivity contribution in [3.05, 3.63) is 74.0 Å². The summed E-state index contributed by atoms with van der Waals surface area (Å²) in [5, 5.41) is 25.7. The van der Waals surface area contributed by atoms with Crippen molar-refractivity contribution < 1.29 is 56.6 Å². The molecule has 52 heavy (non-hydrogen) atoms. The number of carbonyl (C=O) groups is 3. The van der Waals surface area contributed by atoms with Crippen LogP contribution < -0.4 is 4.74 Å². The Morgan fingerprint density at radius 1 is 1.10 bits per heavy atom. The number of benzene rings is 2. The number of rotatable bonds is 16. The summed E-state index contributed by atoms with van der Waals surface area (Å²) < 4.78 is 52.8. The van der Waals surface area contributed by atoms with Gasteiger partial charge in [0.05, 0.1) is 33.4 Å². The van der Waals surface area contributed by atoms with Gasteiger partial charge in [-0.2, -0.15) is 24.9 Å². The lowest BCUT2D eigenvalue weighted by Gasteiger charge is -2.25. The normalized spacial score (nSPS) is 15.3. The minimum Gasteiger partial charge on any atom is -0.511 e. The molecule has 1 N–H and O–H groups in total. The van der Waals surface area contributed by atoms with E-state index in [1.807, 2.05) is 25.6 Å². The number of nitro benzene ring substituents is 1. The van der Waals surface area contributed by atoms with Gasteiger partial charge in [-0.05, 0) is 62.6 Å². The number of nitro groups is 1. The van der Waals surface area contributed by atoms with E-state index in [-0.39, 0.29) is 40.6 Å². The monoisotopic (exact) mass is 774 g/mol. The molecule has 0 spiro atoms. The third-order valence-electron chi connectivity index (χ3n) is 7.22. The number of Topliss-reactive ketones (excluding diaryl/α,β-unsaturated/α-hetero) is 1. The van der Waals surface area contributed by atoms with E-state index in [0.717, 1.165) is 48.9 Å². The van der Waals surface area contributed by atoms with Crippen LogP contribution in [0.15, 0.2) is 52.9 Å². The summed E-state index contributed by atoms with van der Waals surface area (Å²) in [5.74, 6) is -0.835. The summed E-state index contributed by atoms with van der Waals surface area (Å²) in [5.41, 5.74) is -1.16. The van der Waals surface area contributed by atoms with E-state index in [0.29, 0.717) is 48.5 Å². The van der Waals surface area contributed by atoms with E-state index >= 15 is 0 Å². The molecule has 3 rings (SSSR count). The molecule has 0 aromatic heterocycles. The summed E-state index contributed by atoms with van der Waals surface area (Å²) in [7, 11) is 0. The van der Waals surface area contributed by atoms with Crippen LogP contribution in [0.4, 0.5) is 18.9 Å². The van der Waals surface area contributed by atoms with Gasteiger partial charge in [0, 0.05) is 30.2 Å². The van der Waals surface area contributed by atoms with Crippen molar-refractivity contribution in [1.82, 2.24) is 0 Å². The number of esters is 2. The van der Waals surface area contributed by atoms with Gasteiger partial charge in [0.2, 0.25) is 0 Å². The van der Waals surface area contributed by atoms with Crippen LogP contribution in [0.25, 0.3) is 0 Å². The Morgan fingerprint density at radius 2 is 1.81 bits per heavy atom. The molecule has 17 heteroatoms. The molecule has 2 unspecified atom stereocenters. The highest BCUT2D eigenvalue weighted by Crippen LogP contribution is 2.37. The minimum atomic E-state index is -4.61. The van der Waals surface area contributed by atoms with Gasteiger partial charge >= 0.3 is 18.1 Å². The number of allylic oxidation sites excluding steroid dienone is 2. The number of ether oxygens (including phenoxy) is 3. The summed E-state index contributed by atoms with van der Waals surface area (Å²) in [6.45, 7) is 9.50. The Labute approximate surface area is 308 Å². The highest BCUT2D eigenvalue weighted by atomic mass is 35.5. The van der Waals surface area contributed by atoms with Gasteiger partial charge in [0.25, 0.3) is 5.69 Å². The second kappa shape index (κ2) is 21.3. The van der Waals surface area contributed by atoms with Gasteiger partial charge in [-0.1, -0.05) is 43.9 Å². The Morgan fingerprint density at radius 3 is 2.37 bits per heavy atom. The van der Waals surface area contributed by atoms with Crippen molar-refractivity contribution in [2.24, 2.45) is 11.1 Å². The van der Waals surface area contributed by atoms with Crippen molar-refractivity contribution >= 4 is 52.5 Å². The Balaban J connectivity index is 0.000000378. The van der Waals surface area contributed by atoms with Crippen molar-refractivity contribution in [3.8, 4) is 11.5 Å². The van der Waals surface area contributed by atoms with E-state index in [1.54, 1.807) is 0 Å². The largest absolute Gasteiger partial charge is 0.511 e. The van der Waals surface area contributed by atoms with Crippen LogP contribution in [0, 0.1) is 16.0 Å². The second-order valence-corrected chi connectivity index (χ2v) is 13.4. The van der Waals surface area contributed by atoms with Crippen LogP contribution in [-0.2, 0) is 30.1 Å². The van der Waals surface area contributed by atoms with Gasteiger partial charge in [-0.3, -0.25) is 14.9 Å². The number of alkyl halides is 3. The molecule has 0 aliphatic heterocycles. The van der Waals surface area contributed by atoms with Gasteiger partial charge in [0.15, 0.2) is 12.4 Å². The van der Waals surface area contributed by atoms with E-state index in [4.69, 9.17) is 25.9 Å². The third kappa shape index (κ3) is 13.7. The fourth-order valence-electron chi connectivity index (χ4n) is 5.08. The molecular formula is C35H42ClF3N2O10S. The lowest BCUT2D eigenvalue weighted by Crippen LogP contribution is -2.26. The summed E-state index contributed by atoms with van der Waals surface area (Å²) >= 11 is 7.71. The lowest BCUT2D eigenvalue weighted by molar-refractivity contribution is -0.385. The molecule has 0 heterocycles. The van der Waals surface area contributed by atoms with Crippen LogP contribution in [-0.4, -0.2) is 64.3 Å². The molecule has 0 saturated carbocycles. The number of nitrogens with zero attached hydrogens (tertiary/aromatic N) is 2. The first kappa shape index (κ1) is 43.9. The Kier molecular flexibility index (Phi) is 17.9. The average molecular weight is 775 g/mol. The maximum Gasteiger partial charge on any atom is 0.416 e. The smallest absolute Gasteiger partial charge is 0.416 e. The molecule has 0 bridgehead atoms. The molecule has 0 fully saturated rings. The summed E-state index contributed by atoms with van der Waals surface area (Å²) in [6, 6.07) is 5.35. The molecule has 12 nitrogen and oxygen atoms in total. The Hall–Kier alpha value is -4.31. The van der Waals surface area contributed by atoms with Gasteiger partial charge in [-0.25, -0.2) is 9.59 Å². The molecule has 1 aliphatic rings. The number of hydrogen-bond donors (Lipinski definition) is 1. The SMILES string of the molecule is CCC/C(=N\OCC)C1=C(O)CC(CC(C)SCC)CC1=O.CCOC(=O)COC(=O)c1cc(Oc2ccc(C(F)(F)F)cc2Cl)ccc1[N+](=O)[O-]. The number of thioether (sulfide) groups is 1. The van der Waals surface area contributed by atoms with Crippen LogP contribution in [0.3, 0.4) is 0 Å². The number of ketones is 1. The molecule has 1 aliphatic carbocycles. The standard InChI is InChI=1S/C18H13ClF3NO7.C17H29NO3S/c1-2-28-16(24)9-29-17(25)12-8-11(4-5-14(12)23(26)27)30-15-6-3-10(7-13(15)19)18(20,21)22;1-5-8-14(18-21-6-2)17-15(19)10-13(11-16(17)20)9-12(4)22-7-3/h3-8H,2,9H2,1H3;12-13,19H,5-11H2,1-4H3/b;18-14+. The van der Waals surface area contributed by atoms with E-state index in [1.165, 1.54) is 6.92 Å². The van der Waals surface area contributed by atoms with Crippen molar-refractivity contribution in [1.29, 1.82) is 0 Å². The molecular weight excluding hydrogens is 733 g/mol. The molecule has 2 atom stereocenters. The zero-order chi connectivity index (χ0) is 39.0. The fourth-order valence-corrected chi connectivity index (χ4v) is 6.27. The summed E-state index contributed by atoms with van der Waals surface area (Å²) in [4.78, 5) is 51.3. The van der Waals surface area contributed by atoms with E-state index < -0.39 is 46.5 Å². The zero-order valence-electron chi connectivity index (χ0n) is 29.4. The minimum absolute atomic E-state index is 0.00866. The number of hydrogen-bond acceptors (Lipinski definition) is 12. The zero-order valence-corrected chi connectivity index (χ0v) is 31.0. The topological polar surface area (TPSA) is 164 Å². The molecule has 286 valence electrons. The van der Waals surface area contributed by atoms with Crippen molar-refractivity contribution in [2.45, 2.75) is 78.1 Å². The second-order valence-electron chi connectivity index (χ2n) is 11.3. The highest BCUT2D eigenvalue weighted by molar-refractivity contribution is 7.99. The quantitative estimate of drug-likeness (QED) is 0.0748. The number of halogens is 4. The van der Waals surface area contributed by atoms with Crippen molar-refractivity contribution in [2.75, 3.05) is 25.6 Å². The molecule has 2 aromatic carbocycles. The lowest BCUT2D eigenvalue weighted by atomic mass is 9.82. The first-order valence-corrected chi connectivity index (χ1v) is 17.9. The van der Waals surface area contributed by atoms with E-state index in [9.17, 15) is 42.8 Å². The predicted molar refractivity (Wildman–Crippen MR) is 190 cm³/mol. The van der Waals surface area contributed by atoms with Gasteiger partial charge in [-0.15, -0.1) is 0 Å². The first-order chi connectivity index (χ1) is 24.6. The maximum atomic E-state index is 12.7. The van der Waals surface area contributed by atoms with Crippen LogP contribution >= 0.6 is 23.4 Å². The molecule has 0 amide bonds. The third-order valence-corrected chi connectivity index (χ3v) is 8.61. The van der Waals surface area contributed by atoms with Crippen LogP contribution in [0.1, 0.15) is 82.6 Å². The number of aliphatic hydroxyl groups excluding tert-OH is 1. The molecule has 0 saturated heterocycles. The van der Waals surface area contributed by atoms with Gasteiger partial charge in [0.1, 0.15) is 29.4 Å². The van der Waals surface area contributed by atoms with Crippen molar-refractivity contribution in [3.63, 3.8) is 0 Å².